The molecule has 0 spiro atoms. The Bertz CT molecular complexity index is 989. The average molecular weight is 405 g/mol. The number of thioether (sulfide) groups is 1. The van der Waals surface area contributed by atoms with Gasteiger partial charge in [0.2, 0.25) is 0 Å². The van der Waals surface area contributed by atoms with Gasteiger partial charge in [0.05, 0.1) is 22.9 Å². The minimum absolute atomic E-state index is 0.144. The van der Waals surface area contributed by atoms with Crippen molar-refractivity contribution in [2.75, 3.05) is 11.1 Å². The molecule has 0 saturated heterocycles. The van der Waals surface area contributed by atoms with E-state index in [1.807, 2.05) is 62.4 Å². The van der Waals surface area contributed by atoms with Crippen LogP contribution < -0.4 is 10.6 Å². The zero-order valence-corrected chi connectivity index (χ0v) is 17.3. The van der Waals surface area contributed by atoms with Gasteiger partial charge in [-0.25, -0.2) is 0 Å². The lowest BCUT2D eigenvalue weighted by atomic mass is 10.1. The number of benzene rings is 3. The number of carbonyl (C=O) groups excluding carboxylic acids is 2. The molecule has 0 aliphatic carbocycles. The van der Waals surface area contributed by atoms with E-state index >= 15 is 0 Å². The standard InChI is InChI=1S/C24H24N2O2S/c1-3-29-22-16-10-8-14-20(22)24(28)26-21-15-9-7-13-19(21)23(27)25-17(2)18-11-5-4-6-12-18/h4-17H,3H2,1-2H3,(H,25,27)(H,26,28)/t17-/m0/s1. The number of nitrogens with one attached hydrogen (secondary N) is 2. The van der Waals surface area contributed by atoms with Crippen molar-refractivity contribution in [1.82, 2.24) is 5.32 Å². The van der Waals surface area contributed by atoms with Gasteiger partial charge in [-0.15, -0.1) is 11.8 Å². The van der Waals surface area contributed by atoms with Crippen LogP contribution >= 0.6 is 11.8 Å². The maximum Gasteiger partial charge on any atom is 0.256 e. The summed E-state index contributed by atoms with van der Waals surface area (Å²) in [5.74, 6) is 0.423. The molecular weight excluding hydrogens is 380 g/mol. The number of carbonyl (C=O) groups is 2. The molecule has 2 amide bonds. The normalized spacial score (nSPS) is 11.5. The van der Waals surface area contributed by atoms with Crippen LogP contribution in [0.2, 0.25) is 0 Å². The smallest absolute Gasteiger partial charge is 0.256 e. The van der Waals surface area contributed by atoms with Crippen LogP contribution in [0.15, 0.2) is 83.8 Å². The Morgan fingerprint density at radius 2 is 1.45 bits per heavy atom. The van der Waals surface area contributed by atoms with Gasteiger partial charge in [0.15, 0.2) is 0 Å². The van der Waals surface area contributed by atoms with Crippen molar-refractivity contribution in [3.05, 3.63) is 95.6 Å². The van der Waals surface area contributed by atoms with Gasteiger partial charge in [0.25, 0.3) is 11.8 Å². The Labute approximate surface area is 175 Å². The number of anilines is 1. The monoisotopic (exact) mass is 404 g/mol. The highest BCUT2D eigenvalue weighted by molar-refractivity contribution is 7.99. The summed E-state index contributed by atoms with van der Waals surface area (Å²) in [6.45, 7) is 3.99. The number of hydrogen-bond acceptors (Lipinski definition) is 3. The lowest BCUT2D eigenvalue weighted by Gasteiger charge is -2.17. The minimum atomic E-state index is -0.228. The predicted molar refractivity (Wildman–Crippen MR) is 120 cm³/mol. The summed E-state index contributed by atoms with van der Waals surface area (Å²) in [6.07, 6.45) is 0. The summed E-state index contributed by atoms with van der Waals surface area (Å²) < 4.78 is 0. The molecule has 0 radical (unpaired) electrons. The quantitative estimate of drug-likeness (QED) is 0.508. The Morgan fingerprint density at radius 1 is 0.828 bits per heavy atom. The zero-order valence-electron chi connectivity index (χ0n) is 16.5. The van der Waals surface area contributed by atoms with Crippen molar-refractivity contribution >= 4 is 29.3 Å². The van der Waals surface area contributed by atoms with Gasteiger partial charge < -0.3 is 10.6 Å². The third kappa shape index (κ3) is 5.27. The molecule has 0 aromatic heterocycles. The highest BCUT2D eigenvalue weighted by Gasteiger charge is 2.17. The minimum Gasteiger partial charge on any atom is -0.345 e. The Morgan fingerprint density at radius 3 is 2.17 bits per heavy atom. The Hall–Kier alpha value is -3.05. The summed E-state index contributed by atoms with van der Waals surface area (Å²) in [7, 11) is 0. The van der Waals surface area contributed by atoms with Crippen molar-refractivity contribution in [2.24, 2.45) is 0 Å². The molecule has 0 aliphatic heterocycles. The van der Waals surface area contributed by atoms with Crippen molar-refractivity contribution in [1.29, 1.82) is 0 Å². The molecule has 1 atom stereocenters. The van der Waals surface area contributed by atoms with E-state index < -0.39 is 0 Å². The SMILES string of the molecule is CCSc1ccccc1C(=O)Nc1ccccc1C(=O)N[C@@H](C)c1ccccc1. The molecule has 0 saturated carbocycles. The van der Waals surface area contributed by atoms with Crippen LogP contribution in [0.3, 0.4) is 0 Å². The van der Waals surface area contributed by atoms with Crippen LogP contribution in [0, 0.1) is 0 Å². The van der Waals surface area contributed by atoms with Crippen LogP contribution in [0.25, 0.3) is 0 Å². The Balaban J connectivity index is 1.78. The van der Waals surface area contributed by atoms with Crippen LogP contribution in [0.4, 0.5) is 5.69 Å². The van der Waals surface area contributed by atoms with Gasteiger partial charge in [0.1, 0.15) is 0 Å². The second-order valence-corrected chi connectivity index (χ2v) is 7.84. The molecule has 3 aromatic carbocycles. The van der Waals surface area contributed by atoms with Gasteiger partial charge in [-0.05, 0) is 42.5 Å². The van der Waals surface area contributed by atoms with E-state index in [1.165, 1.54) is 0 Å². The van der Waals surface area contributed by atoms with E-state index in [4.69, 9.17) is 0 Å². The van der Waals surface area contributed by atoms with E-state index in [9.17, 15) is 9.59 Å². The van der Waals surface area contributed by atoms with E-state index in [1.54, 1.807) is 42.1 Å². The molecule has 2 N–H and O–H groups in total. The van der Waals surface area contributed by atoms with Crippen LogP contribution in [0.5, 0.6) is 0 Å². The number of amides is 2. The summed E-state index contributed by atoms with van der Waals surface area (Å²) in [5, 5.41) is 5.91. The van der Waals surface area contributed by atoms with Gasteiger partial charge >= 0.3 is 0 Å². The first kappa shape index (κ1) is 20.7. The molecule has 3 rings (SSSR count). The number of hydrogen-bond donors (Lipinski definition) is 2. The number of para-hydroxylation sites is 1. The average Bonchev–Trinajstić information content (AvgIpc) is 2.75. The molecule has 0 bridgehead atoms. The molecule has 29 heavy (non-hydrogen) atoms. The van der Waals surface area contributed by atoms with Gasteiger partial charge in [-0.2, -0.15) is 0 Å². The highest BCUT2D eigenvalue weighted by atomic mass is 32.2. The Kier molecular flexibility index (Phi) is 7.09. The maximum absolute atomic E-state index is 12.9. The molecule has 0 heterocycles. The third-order valence-corrected chi connectivity index (χ3v) is 5.45. The largest absolute Gasteiger partial charge is 0.345 e. The fraction of sp³-hybridized carbons (Fsp3) is 0.167. The van der Waals surface area contributed by atoms with E-state index in [0.717, 1.165) is 16.2 Å². The van der Waals surface area contributed by atoms with Crippen molar-refractivity contribution < 1.29 is 9.59 Å². The van der Waals surface area contributed by atoms with Crippen molar-refractivity contribution in [3.63, 3.8) is 0 Å². The fourth-order valence-corrected chi connectivity index (χ4v) is 3.82. The number of rotatable bonds is 7. The predicted octanol–water partition coefficient (Wildman–Crippen LogP) is 5.54. The second kappa shape index (κ2) is 9.94. The molecule has 0 fully saturated rings. The van der Waals surface area contributed by atoms with Gasteiger partial charge in [0, 0.05) is 4.90 Å². The van der Waals surface area contributed by atoms with Crippen molar-refractivity contribution in [3.8, 4) is 0 Å². The first-order valence-corrected chi connectivity index (χ1v) is 10.6. The van der Waals surface area contributed by atoms with Crippen molar-refractivity contribution in [2.45, 2.75) is 24.8 Å². The fourth-order valence-electron chi connectivity index (χ4n) is 3.01. The summed E-state index contributed by atoms with van der Waals surface area (Å²) in [4.78, 5) is 26.7. The molecule has 0 unspecified atom stereocenters. The lowest BCUT2D eigenvalue weighted by molar-refractivity contribution is 0.0941. The molecular formula is C24H24N2O2S. The molecule has 5 heteroatoms. The first-order valence-electron chi connectivity index (χ1n) is 9.58. The maximum atomic E-state index is 12.9. The molecule has 3 aromatic rings. The van der Waals surface area contributed by atoms with Crippen LogP contribution in [-0.4, -0.2) is 17.6 Å². The summed E-state index contributed by atoms with van der Waals surface area (Å²) in [6, 6.07) is 24.2. The van der Waals surface area contributed by atoms with Crippen LogP contribution in [0.1, 0.15) is 46.2 Å². The summed E-state index contributed by atoms with van der Waals surface area (Å²) >= 11 is 1.62. The third-order valence-electron chi connectivity index (χ3n) is 4.50. The molecule has 4 nitrogen and oxygen atoms in total. The zero-order chi connectivity index (χ0) is 20.6. The van der Waals surface area contributed by atoms with E-state index in [2.05, 4.69) is 10.6 Å². The van der Waals surface area contributed by atoms with Gasteiger partial charge in [-0.3, -0.25) is 9.59 Å². The topological polar surface area (TPSA) is 58.2 Å². The molecule has 0 aliphatic rings. The first-order chi connectivity index (χ1) is 14.1. The molecule has 148 valence electrons. The van der Waals surface area contributed by atoms with Gasteiger partial charge in [-0.1, -0.05) is 61.5 Å². The lowest BCUT2D eigenvalue weighted by Crippen LogP contribution is -2.28. The highest BCUT2D eigenvalue weighted by Crippen LogP contribution is 2.24. The van der Waals surface area contributed by atoms with Crippen LogP contribution in [-0.2, 0) is 0 Å². The van der Waals surface area contributed by atoms with E-state index in [0.29, 0.717) is 16.8 Å². The second-order valence-electron chi connectivity index (χ2n) is 6.53. The van der Waals surface area contributed by atoms with E-state index in [-0.39, 0.29) is 17.9 Å². The summed E-state index contributed by atoms with van der Waals surface area (Å²) in [5.41, 5.74) is 2.55.